The second-order valence-corrected chi connectivity index (χ2v) is 5.94. The molecule has 0 saturated carbocycles. The van der Waals surface area contributed by atoms with Crippen molar-refractivity contribution in [2.75, 3.05) is 19.6 Å². The molecule has 1 atom stereocenters. The van der Waals surface area contributed by atoms with Gasteiger partial charge in [0, 0.05) is 19.1 Å². The normalized spacial score (nSPS) is 19.9. The molecule has 2 nitrogen and oxygen atoms in total. The standard InChI is InChI=1S/C17H28N2/c1-5-19(16-7-6-8-18-11-16)12-17-14(3)9-13(2)10-15(17)4/h9-10,16,18H,5-8,11-12H2,1-4H3. The van der Waals surface area contributed by atoms with Crippen LogP contribution >= 0.6 is 0 Å². The van der Waals surface area contributed by atoms with E-state index in [0.29, 0.717) is 6.04 Å². The van der Waals surface area contributed by atoms with E-state index in [9.17, 15) is 0 Å². The fourth-order valence-corrected chi connectivity index (χ4v) is 3.31. The lowest BCUT2D eigenvalue weighted by molar-refractivity contribution is 0.165. The number of nitrogens with zero attached hydrogens (tertiary/aromatic N) is 1. The van der Waals surface area contributed by atoms with Gasteiger partial charge in [-0.1, -0.05) is 24.6 Å². The van der Waals surface area contributed by atoms with E-state index in [2.05, 4.69) is 50.0 Å². The van der Waals surface area contributed by atoms with Gasteiger partial charge in [-0.3, -0.25) is 4.90 Å². The van der Waals surface area contributed by atoms with Crippen LogP contribution in [-0.2, 0) is 6.54 Å². The van der Waals surface area contributed by atoms with Crippen molar-refractivity contribution in [1.29, 1.82) is 0 Å². The van der Waals surface area contributed by atoms with Gasteiger partial charge in [-0.2, -0.15) is 0 Å². The van der Waals surface area contributed by atoms with Gasteiger partial charge in [-0.25, -0.2) is 0 Å². The van der Waals surface area contributed by atoms with Crippen molar-refractivity contribution >= 4 is 0 Å². The van der Waals surface area contributed by atoms with Crippen LogP contribution in [0.1, 0.15) is 42.0 Å². The van der Waals surface area contributed by atoms with Crippen molar-refractivity contribution in [2.45, 2.75) is 53.1 Å². The zero-order chi connectivity index (χ0) is 13.8. The summed E-state index contributed by atoms with van der Waals surface area (Å²) >= 11 is 0. The SMILES string of the molecule is CCN(Cc1c(C)cc(C)cc1C)C1CCCNC1. The Balaban J connectivity index is 2.13. The number of nitrogens with one attached hydrogen (secondary N) is 1. The quantitative estimate of drug-likeness (QED) is 0.894. The van der Waals surface area contributed by atoms with Gasteiger partial charge in [-0.05, 0) is 63.4 Å². The predicted molar refractivity (Wildman–Crippen MR) is 82.6 cm³/mol. The van der Waals surface area contributed by atoms with Gasteiger partial charge in [0.05, 0.1) is 0 Å². The maximum absolute atomic E-state index is 3.53. The Kier molecular flexibility index (Phi) is 5.00. The number of aryl methyl sites for hydroxylation is 3. The maximum atomic E-state index is 3.53. The summed E-state index contributed by atoms with van der Waals surface area (Å²) < 4.78 is 0. The van der Waals surface area contributed by atoms with Crippen molar-refractivity contribution in [2.24, 2.45) is 0 Å². The molecule has 106 valence electrons. The van der Waals surface area contributed by atoms with Gasteiger partial charge >= 0.3 is 0 Å². The van der Waals surface area contributed by atoms with E-state index in [1.807, 2.05) is 0 Å². The minimum atomic E-state index is 0.707. The number of hydrogen-bond donors (Lipinski definition) is 1. The highest BCUT2D eigenvalue weighted by atomic mass is 15.2. The summed E-state index contributed by atoms with van der Waals surface area (Å²) in [5, 5.41) is 3.53. The summed E-state index contributed by atoms with van der Waals surface area (Å²) in [5.41, 5.74) is 5.79. The van der Waals surface area contributed by atoms with E-state index >= 15 is 0 Å². The molecule has 1 N–H and O–H groups in total. The Morgan fingerprint density at radius 1 is 1.21 bits per heavy atom. The molecule has 1 unspecified atom stereocenters. The highest BCUT2D eigenvalue weighted by Gasteiger charge is 2.20. The second kappa shape index (κ2) is 6.53. The van der Waals surface area contributed by atoms with Crippen LogP contribution in [0.2, 0.25) is 0 Å². The molecule has 1 aliphatic heterocycles. The third kappa shape index (κ3) is 3.58. The largest absolute Gasteiger partial charge is 0.315 e. The van der Waals surface area contributed by atoms with E-state index in [4.69, 9.17) is 0 Å². The molecular formula is C17H28N2. The number of hydrogen-bond acceptors (Lipinski definition) is 2. The molecular weight excluding hydrogens is 232 g/mol. The first-order valence-electron chi connectivity index (χ1n) is 7.63. The van der Waals surface area contributed by atoms with Crippen molar-refractivity contribution in [1.82, 2.24) is 10.2 Å². The topological polar surface area (TPSA) is 15.3 Å². The van der Waals surface area contributed by atoms with Gasteiger partial charge in [0.25, 0.3) is 0 Å². The monoisotopic (exact) mass is 260 g/mol. The van der Waals surface area contributed by atoms with Gasteiger partial charge in [0.1, 0.15) is 0 Å². The molecule has 1 fully saturated rings. The van der Waals surface area contributed by atoms with Crippen molar-refractivity contribution in [3.63, 3.8) is 0 Å². The molecule has 19 heavy (non-hydrogen) atoms. The third-order valence-corrected chi connectivity index (χ3v) is 4.40. The van der Waals surface area contributed by atoms with Crippen LogP contribution in [0, 0.1) is 20.8 Å². The van der Waals surface area contributed by atoms with E-state index in [1.165, 1.54) is 41.6 Å². The summed E-state index contributed by atoms with van der Waals surface area (Å²) in [6.07, 6.45) is 2.65. The zero-order valence-corrected chi connectivity index (χ0v) is 12.9. The summed E-state index contributed by atoms with van der Waals surface area (Å²) in [6.45, 7) is 13.6. The Morgan fingerprint density at radius 2 is 1.89 bits per heavy atom. The van der Waals surface area contributed by atoms with Crippen LogP contribution in [-0.4, -0.2) is 30.6 Å². The minimum Gasteiger partial charge on any atom is -0.315 e. The second-order valence-electron chi connectivity index (χ2n) is 5.94. The first-order chi connectivity index (χ1) is 9.11. The average molecular weight is 260 g/mol. The van der Waals surface area contributed by atoms with E-state index in [0.717, 1.165) is 19.6 Å². The molecule has 0 bridgehead atoms. The molecule has 1 heterocycles. The lowest BCUT2D eigenvalue weighted by Crippen LogP contribution is -2.45. The molecule has 0 amide bonds. The zero-order valence-electron chi connectivity index (χ0n) is 12.9. The van der Waals surface area contributed by atoms with Crippen LogP contribution in [0.3, 0.4) is 0 Å². The maximum Gasteiger partial charge on any atom is 0.0242 e. The predicted octanol–water partition coefficient (Wildman–Crippen LogP) is 3.19. The highest BCUT2D eigenvalue weighted by molar-refractivity contribution is 5.37. The fourth-order valence-electron chi connectivity index (χ4n) is 3.31. The molecule has 1 aromatic carbocycles. The molecule has 0 aliphatic carbocycles. The van der Waals surface area contributed by atoms with Crippen LogP contribution in [0.5, 0.6) is 0 Å². The summed E-state index contributed by atoms with van der Waals surface area (Å²) in [5.74, 6) is 0. The van der Waals surface area contributed by atoms with Crippen LogP contribution in [0.15, 0.2) is 12.1 Å². The highest BCUT2D eigenvalue weighted by Crippen LogP contribution is 2.21. The number of piperidine rings is 1. The van der Waals surface area contributed by atoms with Crippen LogP contribution in [0.4, 0.5) is 0 Å². The first-order valence-corrected chi connectivity index (χ1v) is 7.63. The summed E-state index contributed by atoms with van der Waals surface area (Å²) in [4.78, 5) is 2.64. The van der Waals surface area contributed by atoms with Crippen molar-refractivity contribution in [3.8, 4) is 0 Å². The first kappa shape index (κ1) is 14.5. The summed E-state index contributed by atoms with van der Waals surface area (Å²) in [6, 6.07) is 5.34. The van der Waals surface area contributed by atoms with Gasteiger partial charge < -0.3 is 5.32 Å². The lowest BCUT2D eigenvalue weighted by Gasteiger charge is -2.34. The molecule has 1 aliphatic rings. The van der Waals surface area contributed by atoms with Crippen LogP contribution < -0.4 is 5.32 Å². The average Bonchev–Trinajstić information content (AvgIpc) is 2.39. The summed E-state index contributed by atoms with van der Waals surface area (Å²) in [7, 11) is 0. The van der Waals surface area contributed by atoms with Crippen LogP contribution in [0.25, 0.3) is 0 Å². The van der Waals surface area contributed by atoms with Gasteiger partial charge in [0.15, 0.2) is 0 Å². The fraction of sp³-hybridized carbons (Fsp3) is 0.647. The number of benzene rings is 1. The Morgan fingerprint density at radius 3 is 2.42 bits per heavy atom. The number of rotatable bonds is 4. The van der Waals surface area contributed by atoms with E-state index < -0.39 is 0 Å². The Labute approximate surface area is 118 Å². The molecule has 0 spiro atoms. The van der Waals surface area contributed by atoms with E-state index in [-0.39, 0.29) is 0 Å². The van der Waals surface area contributed by atoms with E-state index in [1.54, 1.807) is 0 Å². The molecule has 2 heteroatoms. The Hall–Kier alpha value is -0.860. The Bertz CT molecular complexity index is 396. The minimum absolute atomic E-state index is 0.707. The third-order valence-electron chi connectivity index (χ3n) is 4.40. The lowest BCUT2D eigenvalue weighted by atomic mass is 9.98. The van der Waals surface area contributed by atoms with Crippen molar-refractivity contribution < 1.29 is 0 Å². The molecule has 1 aromatic rings. The van der Waals surface area contributed by atoms with Gasteiger partial charge in [-0.15, -0.1) is 0 Å². The molecule has 0 aromatic heterocycles. The molecule has 2 rings (SSSR count). The number of likely N-dealkylation sites (N-methyl/N-ethyl adjacent to an activating group) is 1. The molecule has 1 saturated heterocycles. The smallest absolute Gasteiger partial charge is 0.0242 e. The van der Waals surface area contributed by atoms with Gasteiger partial charge in [0.2, 0.25) is 0 Å². The molecule has 0 radical (unpaired) electrons. The van der Waals surface area contributed by atoms with Crippen molar-refractivity contribution in [3.05, 3.63) is 34.4 Å².